The molecule has 0 radical (unpaired) electrons. The lowest BCUT2D eigenvalue weighted by Gasteiger charge is -2.36. The molecule has 0 bridgehead atoms. The molecular weight excluding hydrogens is 479 g/mol. The molecule has 0 spiro atoms. The van der Waals surface area contributed by atoms with Gasteiger partial charge in [0.2, 0.25) is 10.0 Å². The van der Waals surface area contributed by atoms with Crippen molar-refractivity contribution >= 4 is 37.3 Å². The Kier molecular flexibility index (Phi) is 5.88. The normalized spacial score (nSPS) is 16.1. The predicted molar refractivity (Wildman–Crippen MR) is 103 cm³/mol. The molecule has 156 valence electrons. The van der Waals surface area contributed by atoms with Crippen molar-refractivity contribution in [3.8, 4) is 0 Å². The van der Waals surface area contributed by atoms with Gasteiger partial charge >= 0.3 is 6.18 Å². The van der Waals surface area contributed by atoms with Crippen LogP contribution in [0, 0.1) is 10.1 Å². The van der Waals surface area contributed by atoms with Crippen LogP contribution in [0.2, 0.25) is 0 Å². The number of anilines is 1. The minimum Gasteiger partial charge on any atom is -0.368 e. The average molecular weight is 494 g/mol. The van der Waals surface area contributed by atoms with E-state index in [1.54, 1.807) is 12.1 Å². The van der Waals surface area contributed by atoms with Gasteiger partial charge in [-0.3, -0.25) is 10.1 Å². The Balaban J connectivity index is 1.82. The SMILES string of the molecule is O=[N+]([O-])c1ccc(N2CCN(S(=O)(=O)c3ccc(Br)cc3)CC2)c(C(F)(F)F)c1. The topological polar surface area (TPSA) is 83.8 Å². The van der Waals surface area contributed by atoms with Crippen molar-refractivity contribution in [3.05, 3.63) is 62.6 Å². The van der Waals surface area contributed by atoms with Crippen LogP contribution in [0.3, 0.4) is 0 Å². The summed E-state index contributed by atoms with van der Waals surface area (Å²) in [7, 11) is -3.77. The van der Waals surface area contributed by atoms with E-state index in [4.69, 9.17) is 0 Å². The van der Waals surface area contributed by atoms with E-state index in [-0.39, 0.29) is 36.8 Å². The molecule has 0 atom stereocenters. The summed E-state index contributed by atoms with van der Waals surface area (Å²) in [4.78, 5) is 11.4. The second-order valence-electron chi connectivity index (χ2n) is 6.30. The number of hydrogen-bond donors (Lipinski definition) is 0. The van der Waals surface area contributed by atoms with Crippen molar-refractivity contribution in [3.63, 3.8) is 0 Å². The van der Waals surface area contributed by atoms with E-state index in [0.29, 0.717) is 6.07 Å². The molecule has 0 saturated carbocycles. The number of hydrogen-bond acceptors (Lipinski definition) is 5. The van der Waals surface area contributed by atoms with Crippen LogP contribution in [0.15, 0.2) is 51.8 Å². The maximum Gasteiger partial charge on any atom is 0.418 e. The molecule has 3 rings (SSSR count). The number of alkyl halides is 3. The molecular formula is C17H15BrF3N3O4S. The third kappa shape index (κ3) is 4.54. The summed E-state index contributed by atoms with van der Waals surface area (Å²) in [6.45, 7) is 0.0344. The number of benzene rings is 2. The molecule has 0 N–H and O–H groups in total. The Morgan fingerprint density at radius 3 is 2.10 bits per heavy atom. The first-order valence-electron chi connectivity index (χ1n) is 8.36. The highest BCUT2D eigenvalue weighted by atomic mass is 79.9. The summed E-state index contributed by atoms with van der Waals surface area (Å²) < 4.78 is 67.6. The van der Waals surface area contributed by atoms with Gasteiger partial charge in [-0.1, -0.05) is 15.9 Å². The summed E-state index contributed by atoms with van der Waals surface area (Å²) >= 11 is 3.23. The van der Waals surface area contributed by atoms with Crippen LogP contribution < -0.4 is 4.90 Å². The minimum absolute atomic E-state index is 0.00726. The highest BCUT2D eigenvalue weighted by Crippen LogP contribution is 2.39. The van der Waals surface area contributed by atoms with Crippen molar-refractivity contribution in [2.24, 2.45) is 0 Å². The molecule has 1 fully saturated rings. The van der Waals surface area contributed by atoms with Crippen molar-refractivity contribution in [1.82, 2.24) is 4.31 Å². The molecule has 7 nitrogen and oxygen atoms in total. The molecule has 2 aromatic carbocycles. The quantitative estimate of drug-likeness (QED) is 0.476. The Hall–Kier alpha value is -2.18. The van der Waals surface area contributed by atoms with Gasteiger partial charge in [-0.15, -0.1) is 0 Å². The minimum atomic E-state index is -4.78. The van der Waals surface area contributed by atoms with Crippen LogP contribution in [-0.2, 0) is 16.2 Å². The molecule has 12 heteroatoms. The Bertz CT molecular complexity index is 1020. The number of non-ortho nitro benzene ring substituents is 1. The number of sulfonamides is 1. The van der Waals surface area contributed by atoms with E-state index < -0.39 is 32.4 Å². The first kappa shape index (κ1) is 21.5. The predicted octanol–water partition coefficient (Wildman–Crippen LogP) is 3.89. The Morgan fingerprint density at radius 2 is 1.59 bits per heavy atom. The molecule has 29 heavy (non-hydrogen) atoms. The fourth-order valence-electron chi connectivity index (χ4n) is 3.07. The van der Waals surface area contributed by atoms with Crippen LogP contribution in [0.4, 0.5) is 24.5 Å². The maximum absolute atomic E-state index is 13.4. The van der Waals surface area contributed by atoms with Gasteiger partial charge in [-0.2, -0.15) is 17.5 Å². The molecule has 1 aliphatic rings. The number of nitrogens with zero attached hydrogens (tertiary/aromatic N) is 3. The maximum atomic E-state index is 13.4. The number of rotatable bonds is 4. The summed E-state index contributed by atoms with van der Waals surface area (Å²) in [5.74, 6) is 0. The molecule has 0 aliphatic carbocycles. The molecule has 0 amide bonds. The summed E-state index contributed by atoms with van der Waals surface area (Å²) in [5.41, 5.74) is -1.97. The van der Waals surface area contributed by atoms with Gasteiger partial charge in [0.25, 0.3) is 5.69 Å². The van der Waals surface area contributed by atoms with Gasteiger partial charge in [-0.25, -0.2) is 8.42 Å². The van der Waals surface area contributed by atoms with Gasteiger partial charge < -0.3 is 4.90 Å². The van der Waals surface area contributed by atoms with Crippen molar-refractivity contribution in [1.29, 1.82) is 0 Å². The van der Waals surface area contributed by atoms with Crippen LogP contribution in [0.25, 0.3) is 0 Å². The van der Waals surface area contributed by atoms with E-state index in [0.717, 1.165) is 16.6 Å². The summed E-state index contributed by atoms with van der Waals surface area (Å²) in [6.07, 6.45) is -4.78. The summed E-state index contributed by atoms with van der Waals surface area (Å²) in [5, 5.41) is 10.8. The lowest BCUT2D eigenvalue weighted by molar-refractivity contribution is -0.385. The third-order valence-corrected chi connectivity index (χ3v) is 6.97. The second kappa shape index (κ2) is 7.92. The first-order valence-corrected chi connectivity index (χ1v) is 10.6. The largest absolute Gasteiger partial charge is 0.418 e. The smallest absolute Gasteiger partial charge is 0.368 e. The standard InChI is InChI=1S/C17H15BrF3N3O4S/c18-12-1-4-14(5-2-12)29(27,28)23-9-7-22(8-10-23)16-6-3-13(24(25)26)11-15(16)17(19,20)21/h1-6,11H,7-10H2. The molecule has 0 unspecified atom stereocenters. The van der Waals surface area contributed by atoms with Crippen molar-refractivity contribution < 1.29 is 26.5 Å². The van der Waals surface area contributed by atoms with Crippen molar-refractivity contribution in [2.75, 3.05) is 31.1 Å². The summed E-state index contributed by atoms with van der Waals surface area (Å²) in [6, 6.07) is 8.65. The monoisotopic (exact) mass is 493 g/mol. The third-order valence-electron chi connectivity index (χ3n) is 4.53. The van der Waals surface area contributed by atoms with E-state index >= 15 is 0 Å². The van der Waals surface area contributed by atoms with E-state index in [2.05, 4.69) is 15.9 Å². The lowest BCUT2D eigenvalue weighted by Crippen LogP contribution is -2.49. The molecule has 0 aromatic heterocycles. The zero-order valence-corrected chi connectivity index (χ0v) is 17.2. The molecule has 1 aliphatic heterocycles. The van der Waals surface area contributed by atoms with Gasteiger partial charge in [0.1, 0.15) is 0 Å². The number of nitro groups is 1. The van der Waals surface area contributed by atoms with E-state index in [9.17, 15) is 31.7 Å². The van der Waals surface area contributed by atoms with Crippen LogP contribution in [0.1, 0.15) is 5.56 Å². The first-order chi connectivity index (χ1) is 13.5. The second-order valence-corrected chi connectivity index (χ2v) is 9.15. The number of nitro benzene ring substituents is 1. The zero-order valence-electron chi connectivity index (χ0n) is 14.8. The molecule has 1 saturated heterocycles. The van der Waals surface area contributed by atoms with Gasteiger partial charge in [0.05, 0.1) is 15.4 Å². The molecule has 1 heterocycles. The van der Waals surface area contributed by atoms with E-state index in [1.807, 2.05) is 0 Å². The highest BCUT2D eigenvalue weighted by Gasteiger charge is 2.38. The lowest BCUT2D eigenvalue weighted by atomic mass is 10.1. The average Bonchev–Trinajstić information content (AvgIpc) is 2.67. The van der Waals surface area contributed by atoms with E-state index in [1.165, 1.54) is 21.3 Å². The van der Waals surface area contributed by atoms with Crippen LogP contribution >= 0.6 is 15.9 Å². The van der Waals surface area contributed by atoms with Crippen LogP contribution in [-0.4, -0.2) is 43.8 Å². The highest BCUT2D eigenvalue weighted by molar-refractivity contribution is 9.10. The fraction of sp³-hybridized carbons (Fsp3) is 0.294. The number of piperazine rings is 1. The molecule has 2 aromatic rings. The fourth-order valence-corrected chi connectivity index (χ4v) is 4.75. The van der Waals surface area contributed by atoms with Gasteiger partial charge in [0, 0.05) is 48.5 Å². The van der Waals surface area contributed by atoms with Crippen molar-refractivity contribution in [2.45, 2.75) is 11.1 Å². The van der Waals surface area contributed by atoms with Gasteiger partial charge in [-0.05, 0) is 30.3 Å². The Morgan fingerprint density at radius 1 is 1.00 bits per heavy atom. The van der Waals surface area contributed by atoms with Gasteiger partial charge in [0.15, 0.2) is 0 Å². The zero-order chi connectivity index (χ0) is 21.4. The Labute approximate surface area is 173 Å². The number of halogens is 4. The van der Waals surface area contributed by atoms with Crippen LogP contribution in [0.5, 0.6) is 0 Å².